The van der Waals surface area contributed by atoms with E-state index < -0.39 is 0 Å². The molecule has 1 saturated heterocycles. The van der Waals surface area contributed by atoms with Crippen LogP contribution in [0.1, 0.15) is 12.8 Å². The van der Waals surface area contributed by atoms with Crippen LogP contribution in [0.25, 0.3) is 10.9 Å². The third-order valence-corrected chi connectivity index (χ3v) is 4.34. The normalized spacial score (nSPS) is 17.9. The number of nitrogens with zero attached hydrogens (tertiary/aromatic N) is 4. The van der Waals surface area contributed by atoms with Gasteiger partial charge in [-0.05, 0) is 31.0 Å². The highest BCUT2D eigenvalue weighted by molar-refractivity contribution is 5.81. The predicted octanol–water partition coefficient (Wildman–Crippen LogP) is 2.44. The molecule has 3 heterocycles. The lowest BCUT2D eigenvalue weighted by Gasteiger charge is -2.33. The van der Waals surface area contributed by atoms with E-state index >= 15 is 0 Å². The van der Waals surface area contributed by atoms with Crippen LogP contribution in [0.3, 0.4) is 0 Å². The van der Waals surface area contributed by atoms with Gasteiger partial charge in [-0.2, -0.15) is 10.1 Å². The molecule has 2 aromatic heterocycles. The van der Waals surface area contributed by atoms with E-state index in [0.717, 1.165) is 48.5 Å². The Morgan fingerprint density at radius 3 is 3.21 bits per heavy atom. The van der Waals surface area contributed by atoms with Gasteiger partial charge >= 0.3 is 0 Å². The van der Waals surface area contributed by atoms with Gasteiger partial charge in [0.05, 0.1) is 18.8 Å². The van der Waals surface area contributed by atoms with Crippen LogP contribution >= 0.6 is 0 Å². The highest BCUT2D eigenvalue weighted by Crippen LogP contribution is 2.22. The fraction of sp³-hybridized carbons (Fsp3) is 0.353. The number of hydrogen-bond acceptors (Lipinski definition) is 6. The van der Waals surface area contributed by atoms with Crippen molar-refractivity contribution in [1.29, 1.82) is 0 Å². The zero-order valence-corrected chi connectivity index (χ0v) is 13.6. The summed E-state index contributed by atoms with van der Waals surface area (Å²) in [6, 6.07) is 8.39. The van der Waals surface area contributed by atoms with Gasteiger partial charge in [0.2, 0.25) is 11.8 Å². The van der Waals surface area contributed by atoms with Crippen LogP contribution in [0.15, 0.2) is 36.7 Å². The third kappa shape index (κ3) is 2.97. The van der Waals surface area contributed by atoms with Crippen molar-refractivity contribution in [2.75, 3.05) is 30.4 Å². The van der Waals surface area contributed by atoms with Crippen LogP contribution < -0.4 is 15.0 Å². The lowest BCUT2D eigenvalue weighted by Crippen LogP contribution is -2.42. The van der Waals surface area contributed by atoms with Gasteiger partial charge in [0, 0.05) is 42.5 Å². The molecule has 7 heteroatoms. The van der Waals surface area contributed by atoms with Gasteiger partial charge < -0.3 is 15.0 Å². The van der Waals surface area contributed by atoms with E-state index in [1.807, 2.05) is 6.20 Å². The molecule has 0 saturated carbocycles. The van der Waals surface area contributed by atoms with Crippen LogP contribution in [0.4, 0.5) is 11.6 Å². The van der Waals surface area contributed by atoms with Crippen LogP contribution in [-0.2, 0) is 0 Å². The molecule has 0 radical (unpaired) electrons. The molecule has 1 fully saturated rings. The molecule has 124 valence electrons. The van der Waals surface area contributed by atoms with Crippen LogP contribution in [-0.4, -0.2) is 46.4 Å². The molecule has 0 amide bonds. The Kier molecular flexibility index (Phi) is 3.90. The average molecular weight is 324 g/mol. The highest BCUT2D eigenvalue weighted by atomic mass is 16.5. The molecule has 0 spiro atoms. The van der Waals surface area contributed by atoms with Crippen molar-refractivity contribution in [3.8, 4) is 5.88 Å². The average Bonchev–Trinajstić information content (AvgIpc) is 3.10. The number of anilines is 2. The second kappa shape index (κ2) is 6.35. The fourth-order valence-corrected chi connectivity index (χ4v) is 3.14. The van der Waals surface area contributed by atoms with Gasteiger partial charge in [-0.1, -0.05) is 0 Å². The summed E-state index contributed by atoms with van der Waals surface area (Å²) in [4.78, 5) is 11.0. The fourth-order valence-electron chi connectivity index (χ4n) is 3.14. The maximum atomic E-state index is 5.20. The summed E-state index contributed by atoms with van der Waals surface area (Å²) in [5, 5.41) is 11.8. The molecule has 1 aliphatic rings. The molecular weight excluding hydrogens is 304 g/mol. The van der Waals surface area contributed by atoms with Crippen molar-refractivity contribution in [3.63, 3.8) is 0 Å². The van der Waals surface area contributed by atoms with E-state index in [2.05, 4.69) is 48.6 Å². The number of benzene rings is 1. The number of hydrogen-bond donors (Lipinski definition) is 2. The van der Waals surface area contributed by atoms with Crippen molar-refractivity contribution in [1.82, 2.24) is 20.2 Å². The number of ether oxygens (including phenoxy) is 1. The molecular formula is C17H20N6O. The molecule has 1 atom stereocenters. The lowest BCUT2D eigenvalue weighted by atomic mass is 10.1. The molecule has 0 aliphatic carbocycles. The van der Waals surface area contributed by atoms with Crippen molar-refractivity contribution in [2.24, 2.45) is 0 Å². The van der Waals surface area contributed by atoms with E-state index in [-0.39, 0.29) is 0 Å². The van der Waals surface area contributed by atoms with E-state index in [1.54, 1.807) is 19.4 Å². The monoisotopic (exact) mass is 324 g/mol. The zero-order chi connectivity index (χ0) is 16.4. The van der Waals surface area contributed by atoms with Crippen molar-refractivity contribution in [2.45, 2.75) is 18.9 Å². The predicted molar refractivity (Wildman–Crippen MR) is 93.5 cm³/mol. The summed E-state index contributed by atoms with van der Waals surface area (Å²) >= 11 is 0. The first kappa shape index (κ1) is 14.7. The number of aromatic nitrogens is 4. The van der Waals surface area contributed by atoms with Gasteiger partial charge in [-0.25, -0.2) is 4.98 Å². The molecule has 4 rings (SSSR count). The molecule has 1 unspecified atom stereocenters. The van der Waals surface area contributed by atoms with Crippen molar-refractivity contribution < 1.29 is 4.74 Å². The smallest absolute Gasteiger partial charge is 0.228 e. The quantitative estimate of drug-likeness (QED) is 0.767. The van der Waals surface area contributed by atoms with Gasteiger partial charge in [-0.3, -0.25) is 5.10 Å². The number of methoxy groups -OCH3 is 1. The minimum Gasteiger partial charge on any atom is -0.481 e. The summed E-state index contributed by atoms with van der Waals surface area (Å²) in [7, 11) is 1.62. The summed E-state index contributed by atoms with van der Waals surface area (Å²) in [5.74, 6) is 1.33. The van der Waals surface area contributed by atoms with E-state index in [0.29, 0.717) is 11.9 Å². The molecule has 1 aliphatic heterocycles. The Labute approximate surface area is 140 Å². The largest absolute Gasteiger partial charge is 0.481 e. The third-order valence-electron chi connectivity index (χ3n) is 4.34. The Hall–Kier alpha value is -2.83. The second-order valence-corrected chi connectivity index (χ2v) is 6.00. The topological polar surface area (TPSA) is 79.0 Å². The first-order valence-corrected chi connectivity index (χ1v) is 8.13. The summed E-state index contributed by atoms with van der Waals surface area (Å²) in [6.45, 7) is 1.84. The molecule has 1 aromatic carbocycles. The first-order chi connectivity index (χ1) is 11.8. The number of rotatable bonds is 4. The maximum absolute atomic E-state index is 5.20. The molecule has 2 N–H and O–H groups in total. The molecule has 7 nitrogen and oxygen atoms in total. The van der Waals surface area contributed by atoms with Crippen LogP contribution in [0, 0.1) is 0 Å². The molecule has 24 heavy (non-hydrogen) atoms. The number of nitrogens with one attached hydrogen (secondary N) is 2. The van der Waals surface area contributed by atoms with Crippen LogP contribution in [0.2, 0.25) is 0 Å². The van der Waals surface area contributed by atoms with E-state index in [9.17, 15) is 0 Å². The van der Waals surface area contributed by atoms with E-state index in [1.165, 1.54) is 0 Å². The number of H-pyrrole nitrogens is 1. The molecule has 0 bridgehead atoms. The van der Waals surface area contributed by atoms with Gasteiger partial charge in [0.15, 0.2) is 0 Å². The Morgan fingerprint density at radius 2 is 2.29 bits per heavy atom. The summed E-state index contributed by atoms with van der Waals surface area (Å²) in [6.07, 6.45) is 5.82. The Morgan fingerprint density at radius 1 is 1.33 bits per heavy atom. The number of fused-ring (bicyclic) bond motifs is 1. The SMILES string of the molecule is COc1ccnc(N2CCCC(Nc3ccc4[nH]ncc4c3)C2)n1. The highest BCUT2D eigenvalue weighted by Gasteiger charge is 2.22. The Balaban J connectivity index is 1.47. The van der Waals surface area contributed by atoms with Crippen LogP contribution in [0.5, 0.6) is 5.88 Å². The number of piperidine rings is 1. The maximum Gasteiger partial charge on any atom is 0.228 e. The van der Waals surface area contributed by atoms with Crippen molar-refractivity contribution >= 4 is 22.5 Å². The summed E-state index contributed by atoms with van der Waals surface area (Å²) < 4.78 is 5.20. The summed E-state index contributed by atoms with van der Waals surface area (Å²) in [5.41, 5.74) is 2.16. The van der Waals surface area contributed by atoms with Gasteiger partial charge in [0.1, 0.15) is 0 Å². The van der Waals surface area contributed by atoms with Crippen molar-refractivity contribution in [3.05, 3.63) is 36.7 Å². The minimum atomic E-state index is 0.359. The van der Waals surface area contributed by atoms with Gasteiger partial charge in [0.25, 0.3) is 0 Å². The Bertz CT molecular complexity index is 833. The van der Waals surface area contributed by atoms with Gasteiger partial charge in [-0.15, -0.1) is 0 Å². The molecule has 3 aromatic rings. The lowest BCUT2D eigenvalue weighted by molar-refractivity contribution is 0.395. The first-order valence-electron chi connectivity index (χ1n) is 8.13. The second-order valence-electron chi connectivity index (χ2n) is 6.00. The zero-order valence-electron chi connectivity index (χ0n) is 13.6. The number of aromatic amines is 1. The standard InChI is InChI=1S/C17H20N6O/c1-24-16-6-7-18-17(21-16)23-8-2-3-14(11-23)20-13-4-5-15-12(9-13)10-19-22-15/h4-7,9-10,14,20H,2-3,8,11H2,1H3,(H,19,22). The van der Waals surface area contributed by atoms with E-state index in [4.69, 9.17) is 4.74 Å². The minimum absolute atomic E-state index is 0.359.